The van der Waals surface area contributed by atoms with Gasteiger partial charge in [0.15, 0.2) is 0 Å². The van der Waals surface area contributed by atoms with E-state index in [0.29, 0.717) is 204 Å². The van der Waals surface area contributed by atoms with Crippen LogP contribution in [0.2, 0.25) is 0 Å². The number of aliphatic hydroxyl groups excluding tert-OH is 1. The number of hydrogen-bond donors (Lipinski definition) is 1. The maximum Gasteiger partial charge on any atom is 0.333 e. The number of allylic oxidation sites excluding steroid dienone is 1. The SMILES string of the molecule is CC=C(C)C(=O)OCCOCCOCCOCCOCCOCCOCCOCCOCCOCCOCCOCCOCCOCCOCCOCCO. The Morgan fingerprint density at radius 1 is 0.327 bits per heavy atom. The number of aliphatic hydroxyl groups is 1. The number of carbonyl (C=O) groups is 1. The molecule has 18 nitrogen and oxygen atoms in total. The molecule has 0 rings (SSSR count). The van der Waals surface area contributed by atoms with Crippen molar-refractivity contribution in [1.29, 1.82) is 0 Å². The average Bonchev–Trinajstić information content (AvgIpc) is 3.20. The molecule has 1 N–H and O–H groups in total. The molecule has 0 spiro atoms. The van der Waals surface area contributed by atoms with Crippen LogP contribution in [0, 0.1) is 0 Å². The molecular formula is C37H72O18. The summed E-state index contributed by atoms with van der Waals surface area (Å²) in [6.45, 7) is 18.0. The predicted octanol–water partition coefficient (Wildman–Crippen LogP) is 0.737. The van der Waals surface area contributed by atoms with Crippen molar-refractivity contribution in [2.75, 3.05) is 211 Å². The van der Waals surface area contributed by atoms with Crippen LogP contribution in [0.5, 0.6) is 0 Å². The summed E-state index contributed by atoms with van der Waals surface area (Å²) in [5.41, 5.74) is 0.579. The van der Waals surface area contributed by atoms with Crippen molar-refractivity contribution in [1.82, 2.24) is 0 Å². The number of carbonyl (C=O) groups excluding carboxylic acids is 1. The number of ether oxygens (including phenoxy) is 16. The highest BCUT2D eigenvalue weighted by Crippen LogP contribution is 1.95. The van der Waals surface area contributed by atoms with Crippen LogP contribution in [0.3, 0.4) is 0 Å². The van der Waals surface area contributed by atoms with Gasteiger partial charge in [0.25, 0.3) is 0 Å². The highest BCUT2D eigenvalue weighted by molar-refractivity contribution is 5.87. The van der Waals surface area contributed by atoms with E-state index in [-0.39, 0.29) is 19.2 Å². The first kappa shape index (κ1) is 53.6. The molecule has 0 aromatic heterocycles. The van der Waals surface area contributed by atoms with Gasteiger partial charge >= 0.3 is 5.97 Å². The highest BCUT2D eigenvalue weighted by Gasteiger charge is 2.03. The van der Waals surface area contributed by atoms with Gasteiger partial charge in [-0.25, -0.2) is 4.79 Å². The van der Waals surface area contributed by atoms with E-state index < -0.39 is 0 Å². The molecule has 328 valence electrons. The highest BCUT2D eigenvalue weighted by atomic mass is 16.6. The lowest BCUT2D eigenvalue weighted by atomic mass is 10.3. The van der Waals surface area contributed by atoms with E-state index in [4.69, 9.17) is 80.9 Å². The summed E-state index contributed by atoms with van der Waals surface area (Å²) in [5, 5.41) is 8.59. The number of hydrogen-bond acceptors (Lipinski definition) is 18. The zero-order chi connectivity index (χ0) is 39.8. The van der Waals surface area contributed by atoms with E-state index in [1.807, 2.05) is 0 Å². The molecule has 0 saturated carbocycles. The standard InChI is InChI=1S/C37H72O18/c1-3-36(2)37(39)55-35-34-54-33-32-53-31-30-52-29-28-51-27-26-50-25-24-49-23-22-48-21-20-47-19-18-46-17-16-45-15-14-44-13-12-43-11-10-42-9-8-41-7-6-40-5-4-38/h3,38H,4-35H2,1-2H3. The molecule has 0 heterocycles. The van der Waals surface area contributed by atoms with Crippen molar-refractivity contribution in [2.45, 2.75) is 13.8 Å². The molecule has 55 heavy (non-hydrogen) atoms. The van der Waals surface area contributed by atoms with Crippen molar-refractivity contribution in [3.63, 3.8) is 0 Å². The van der Waals surface area contributed by atoms with Gasteiger partial charge in [0.05, 0.1) is 205 Å². The van der Waals surface area contributed by atoms with Crippen LogP contribution in [-0.4, -0.2) is 222 Å². The van der Waals surface area contributed by atoms with Crippen LogP contribution < -0.4 is 0 Å². The van der Waals surface area contributed by atoms with Crippen molar-refractivity contribution in [3.8, 4) is 0 Å². The Kier molecular flexibility index (Phi) is 47.5. The molecule has 0 aliphatic heterocycles. The lowest BCUT2D eigenvalue weighted by molar-refractivity contribution is -0.140. The summed E-state index contributed by atoms with van der Waals surface area (Å²) in [4.78, 5) is 11.5. The van der Waals surface area contributed by atoms with Gasteiger partial charge in [-0.05, 0) is 13.8 Å². The summed E-state index contributed by atoms with van der Waals surface area (Å²) >= 11 is 0. The third-order valence-corrected chi connectivity index (χ3v) is 6.66. The topological polar surface area (TPSA) is 185 Å². The Bertz CT molecular complexity index is 778. The molecule has 0 radical (unpaired) electrons. The summed E-state index contributed by atoms with van der Waals surface area (Å²) in [6.07, 6.45) is 1.71. The first-order chi connectivity index (χ1) is 27.2. The Morgan fingerprint density at radius 2 is 0.491 bits per heavy atom. The first-order valence-electron chi connectivity index (χ1n) is 19.3. The third kappa shape index (κ3) is 46.8. The second-order valence-electron chi connectivity index (χ2n) is 11.0. The smallest absolute Gasteiger partial charge is 0.333 e. The summed E-state index contributed by atoms with van der Waals surface area (Å²) in [7, 11) is 0. The second-order valence-corrected chi connectivity index (χ2v) is 11.0. The van der Waals surface area contributed by atoms with Gasteiger partial charge in [-0.15, -0.1) is 0 Å². The molecule has 0 bridgehead atoms. The van der Waals surface area contributed by atoms with E-state index in [1.165, 1.54) is 0 Å². The fraction of sp³-hybridized carbons (Fsp3) is 0.919. The second kappa shape index (κ2) is 48.7. The quantitative estimate of drug-likeness (QED) is 0.0516. The number of rotatable bonds is 48. The Morgan fingerprint density at radius 3 is 0.655 bits per heavy atom. The number of esters is 1. The van der Waals surface area contributed by atoms with Gasteiger partial charge in [-0.1, -0.05) is 6.08 Å². The average molecular weight is 805 g/mol. The Hall–Kier alpha value is -1.43. The van der Waals surface area contributed by atoms with Gasteiger partial charge in [-0.3, -0.25) is 0 Å². The minimum Gasteiger partial charge on any atom is -0.460 e. The molecule has 0 saturated heterocycles. The van der Waals surface area contributed by atoms with Crippen LogP contribution in [-0.2, 0) is 80.6 Å². The largest absolute Gasteiger partial charge is 0.460 e. The van der Waals surface area contributed by atoms with Gasteiger partial charge in [-0.2, -0.15) is 0 Å². The lowest BCUT2D eigenvalue weighted by Gasteiger charge is -2.09. The first-order valence-corrected chi connectivity index (χ1v) is 19.3. The van der Waals surface area contributed by atoms with Crippen LogP contribution in [0.25, 0.3) is 0 Å². The molecule has 0 aromatic carbocycles. The molecule has 0 atom stereocenters. The molecular weight excluding hydrogens is 732 g/mol. The Labute approximate surface area is 328 Å². The molecule has 0 aliphatic rings. The van der Waals surface area contributed by atoms with Gasteiger partial charge in [0.1, 0.15) is 6.61 Å². The summed E-state index contributed by atoms with van der Waals surface area (Å²) < 4.78 is 86.4. The molecule has 0 aliphatic carbocycles. The monoisotopic (exact) mass is 804 g/mol. The predicted molar refractivity (Wildman–Crippen MR) is 200 cm³/mol. The fourth-order valence-electron chi connectivity index (χ4n) is 3.67. The third-order valence-electron chi connectivity index (χ3n) is 6.66. The van der Waals surface area contributed by atoms with E-state index in [1.54, 1.807) is 19.9 Å². The van der Waals surface area contributed by atoms with Crippen LogP contribution in [0.1, 0.15) is 13.8 Å². The van der Waals surface area contributed by atoms with Crippen molar-refractivity contribution >= 4 is 5.97 Å². The minimum absolute atomic E-state index is 0.0200. The van der Waals surface area contributed by atoms with Crippen LogP contribution in [0.4, 0.5) is 0 Å². The summed E-state index contributed by atoms with van der Waals surface area (Å²) in [6, 6.07) is 0. The van der Waals surface area contributed by atoms with Crippen LogP contribution in [0.15, 0.2) is 11.6 Å². The minimum atomic E-state index is -0.326. The maximum atomic E-state index is 11.5. The lowest BCUT2D eigenvalue weighted by Crippen LogP contribution is -2.16. The fourth-order valence-corrected chi connectivity index (χ4v) is 3.67. The molecule has 0 unspecified atom stereocenters. The Balaban J connectivity index is 3.08. The van der Waals surface area contributed by atoms with Crippen molar-refractivity contribution in [3.05, 3.63) is 11.6 Å². The molecule has 0 fully saturated rings. The van der Waals surface area contributed by atoms with E-state index in [9.17, 15) is 4.79 Å². The zero-order valence-corrected chi connectivity index (χ0v) is 33.6. The zero-order valence-electron chi connectivity index (χ0n) is 33.6. The van der Waals surface area contributed by atoms with Gasteiger partial charge < -0.3 is 80.9 Å². The van der Waals surface area contributed by atoms with Gasteiger partial charge in [0.2, 0.25) is 0 Å². The maximum absolute atomic E-state index is 11.5. The molecule has 18 heteroatoms. The van der Waals surface area contributed by atoms with Crippen molar-refractivity contribution in [2.24, 2.45) is 0 Å². The molecule has 0 aromatic rings. The van der Waals surface area contributed by atoms with Crippen molar-refractivity contribution < 1.29 is 85.7 Å². The van der Waals surface area contributed by atoms with E-state index >= 15 is 0 Å². The normalized spacial score (nSPS) is 11.9. The van der Waals surface area contributed by atoms with E-state index in [2.05, 4.69) is 0 Å². The van der Waals surface area contributed by atoms with Crippen LogP contribution >= 0.6 is 0 Å². The van der Waals surface area contributed by atoms with Gasteiger partial charge in [0, 0.05) is 5.57 Å². The molecule has 0 amide bonds. The van der Waals surface area contributed by atoms with E-state index in [0.717, 1.165) is 0 Å². The summed E-state index contributed by atoms with van der Waals surface area (Å²) in [5.74, 6) is -0.326.